The molecular weight excluding hydrogens is 355 g/mol. The number of carbonyl (C=O) groups is 2. The van der Waals surface area contributed by atoms with Crippen molar-refractivity contribution in [1.29, 1.82) is 0 Å². The summed E-state index contributed by atoms with van der Waals surface area (Å²) in [4.78, 5) is 23.3. The Bertz CT molecular complexity index is 754. The predicted octanol–water partition coefficient (Wildman–Crippen LogP) is 5.39. The van der Waals surface area contributed by atoms with E-state index in [0.29, 0.717) is 41.2 Å². The van der Waals surface area contributed by atoms with E-state index in [9.17, 15) is 14.0 Å². The van der Waals surface area contributed by atoms with Gasteiger partial charge in [0.05, 0.1) is 5.03 Å². The molecule has 4 rings (SSSR count). The third-order valence-corrected chi connectivity index (χ3v) is 8.73. The summed E-state index contributed by atoms with van der Waals surface area (Å²) in [6, 6.07) is 0. The van der Waals surface area contributed by atoms with E-state index in [1.807, 2.05) is 0 Å². The zero-order chi connectivity index (χ0) is 18.9. The number of aliphatic carboxylic acids is 1. The van der Waals surface area contributed by atoms with Crippen molar-refractivity contribution < 1.29 is 19.1 Å². The van der Waals surface area contributed by atoms with Crippen molar-refractivity contribution in [2.75, 3.05) is 0 Å². The first kappa shape index (κ1) is 18.2. The van der Waals surface area contributed by atoms with Crippen molar-refractivity contribution in [2.24, 2.45) is 28.6 Å². The van der Waals surface area contributed by atoms with Gasteiger partial charge in [-0.3, -0.25) is 4.79 Å². The molecule has 5 atom stereocenters. The Morgan fingerprint density at radius 1 is 1.08 bits per heavy atom. The van der Waals surface area contributed by atoms with Crippen LogP contribution in [0.4, 0.5) is 4.39 Å². The van der Waals surface area contributed by atoms with Crippen LogP contribution in [-0.4, -0.2) is 16.9 Å². The molecule has 4 aliphatic rings. The average molecular weight is 381 g/mol. The van der Waals surface area contributed by atoms with Crippen LogP contribution in [0.1, 0.15) is 65.2 Å². The largest absolute Gasteiger partial charge is 0.476 e. The Morgan fingerprint density at radius 2 is 1.77 bits per heavy atom. The number of ketones is 1. The van der Waals surface area contributed by atoms with E-state index in [1.54, 1.807) is 0 Å². The van der Waals surface area contributed by atoms with Gasteiger partial charge in [0.15, 0.2) is 5.78 Å². The molecule has 4 aliphatic carbocycles. The fraction of sp³-hybridized carbons (Fsp3) is 0.714. The molecule has 0 aromatic rings. The molecular formula is C21H26ClFO3. The first-order valence-electron chi connectivity index (χ1n) is 9.75. The average Bonchev–Trinajstić information content (AvgIpc) is 2.95. The Hall–Kier alpha value is -1.16. The fourth-order valence-electron chi connectivity index (χ4n) is 6.95. The van der Waals surface area contributed by atoms with Crippen molar-refractivity contribution in [3.05, 3.63) is 22.0 Å². The zero-order valence-electron chi connectivity index (χ0n) is 15.4. The molecule has 0 saturated heterocycles. The summed E-state index contributed by atoms with van der Waals surface area (Å²) in [5, 5.41) is 9.61. The van der Waals surface area contributed by atoms with Crippen molar-refractivity contribution in [3.8, 4) is 0 Å². The molecule has 0 aromatic heterocycles. The highest BCUT2D eigenvalue weighted by Crippen LogP contribution is 2.67. The van der Waals surface area contributed by atoms with Gasteiger partial charge < -0.3 is 5.11 Å². The van der Waals surface area contributed by atoms with Gasteiger partial charge in [0.2, 0.25) is 5.83 Å². The number of hydrogen-bond donors (Lipinski definition) is 1. The van der Waals surface area contributed by atoms with Gasteiger partial charge in [-0.1, -0.05) is 25.4 Å². The van der Waals surface area contributed by atoms with E-state index in [-0.39, 0.29) is 16.6 Å². The predicted molar refractivity (Wildman–Crippen MR) is 97.3 cm³/mol. The standard InChI is InChI=1S/C21H26ClFO3/c1-20-10-8-16(24)17(22)14(20)4-3-11-12-5-6-15(18(23)19(25)26)21(12,2)9-7-13(11)20/h11-13H,3-10H2,1-2H3,(H,25,26)/t11-,12-,13-,20+,21-/m0/s1. The lowest BCUT2D eigenvalue weighted by molar-refractivity contribution is -0.134. The van der Waals surface area contributed by atoms with E-state index >= 15 is 0 Å². The monoisotopic (exact) mass is 380 g/mol. The van der Waals surface area contributed by atoms with Crippen LogP contribution in [-0.2, 0) is 9.59 Å². The second kappa shape index (κ2) is 5.92. The molecule has 0 unspecified atom stereocenters. The molecule has 0 amide bonds. The first-order valence-corrected chi connectivity index (χ1v) is 10.1. The Balaban J connectivity index is 1.71. The zero-order valence-corrected chi connectivity index (χ0v) is 16.2. The van der Waals surface area contributed by atoms with Crippen LogP contribution in [0.5, 0.6) is 0 Å². The number of fused-ring (bicyclic) bond motifs is 5. The molecule has 3 saturated carbocycles. The SMILES string of the molecule is C[C@]12CCC(=O)C(Cl)=C1CC[C@@H]1[C@@H]2CC[C@]2(C)C(=C(F)C(=O)O)CC[C@@H]12. The highest BCUT2D eigenvalue weighted by atomic mass is 35.5. The lowest BCUT2D eigenvalue weighted by Gasteiger charge is -2.57. The van der Waals surface area contributed by atoms with Gasteiger partial charge in [-0.15, -0.1) is 0 Å². The smallest absolute Gasteiger partial charge is 0.364 e. The molecule has 3 nitrogen and oxygen atoms in total. The number of halogens is 2. The van der Waals surface area contributed by atoms with Crippen molar-refractivity contribution in [2.45, 2.75) is 65.2 Å². The number of carbonyl (C=O) groups excluding carboxylic acids is 1. The second-order valence-electron chi connectivity index (χ2n) is 9.14. The maximum atomic E-state index is 14.3. The molecule has 3 fully saturated rings. The van der Waals surface area contributed by atoms with Crippen LogP contribution in [0.15, 0.2) is 22.0 Å². The minimum Gasteiger partial charge on any atom is -0.476 e. The summed E-state index contributed by atoms with van der Waals surface area (Å²) in [5.74, 6) is -1.04. The molecule has 142 valence electrons. The minimum absolute atomic E-state index is 0.0347. The molecule has 0 bridgehead atoms. The maximum Gasteiger partial charge on any atom is 0.364 e. The highest BCUT2D eigenvalue weighted by Gasteiger charge is 2.59. The molecule has 0 aliphatic heterocycles. The quantitative estimate of drug-likeness (QED) is 0.620. The van der Waals surface area contributed by atoms with E-state index in [4.69, 9.17) is 16.7 Å². The molecule has 0 spiro atoms. The fourth-order valence-corrected chi connectivity index (χ4v) is 7.36. The third kappa shape index (κ3) is 2.30. The molecule has 0 aromatic carbocycles. The van der Waals surface area contributed by atoms with E-state index in [1.165, 1.54) is 0 Å². The number of carboxylic acids is 1. The van der Waals surface area contributed by atoms with Gasteiger partial charge in [-0.2, -0.15) is 4.39 Å². The van der Waals surface area contributed by atoms with Crippen LogP contribution in [0.2, 0.25) is 0 Å². The number of rotatable bonds is 1. The molecule has 0 heterocycles. The molecule has 0 radical (unpaired) electrons. The highest BCUT2D eigenvalue weighted by molar-refractivity contribution is 6.43. The van der Waals surface area contributed by atoms with Crippen molar-refractivity contribution >= 4 is 23.4 Å². The van der Waals surface area contributed by atoms with Gasteiger partial charge in [-0.25, -0.2) is 4.79 Å². The van der Waals surface area contributed by atoms with Crippen LogP contribution in [0.25, 0.3) is 0 Å². The summed E-state index contributed by atoms with van der Waals surface area (Å²) in [6.45, 7) is 4.34. The molecule has 1 N–H and O–H groups in total. The first-order chi connectivity index (χ1) is 12.2. The van der Waals surface area contributed by atoms with Crippen molar-refractivity contribution in [1.82, 2.24) is 0 Å². The normalized spacial score (nSPS) is 44.3. The van der Waals surface area contributed by atoms with Gasteiger partial charge in [-0.05, 0) is 84.7 Å². The summed E-state index contributed by atoms with van der Waals surface area (Å²) in [5.41, 5.74) is 1.30. The third-order valence-electron chi connectivity index (χ3n) is 8.29. The van der Waals surface area contributed by atoms with Gasteiger partial charge in [0.25, 0.3) is 0 Å². The number of Topliss-reactive ketones (excluding diaryl/α,β-unsaturated/α-hetero) is 1. The summed E-state index contributed by atoms with van der Waals surface area (Å²) >= 11 is 6.41. The number of allylic oxidation sites excluding steroid dienone is 2. The second-order valence-corrected chi connectivity index (χ2v) is 9.52. The van der Waals surface area contributed by atoms with Crippen LogP contribution in [0.3, 0.4) is 0 Å². The van der Waals surface area contributed by atoms with Gasteiger partial charge in [0, 0.05) is 6.42 Å². The van der Waals surface area contributed by atoms with E-state index < -0.39 is 11.8 Å². The number of carboxylic acid groups (broad SMARTS) is 1. The molecule has 5 heteroatoms. The van der Waals surface area contributed by atoms with Crippen LogP contribution in [0, 0.1) is 28.6 Å². The molecule has 26 heavy (non-hydrogen) atoms. The van der Waals surface area contributed by atoms with Crippen molar-refractivity contribution in [3.63, 3.8) is 0 Å². The topological polar surface area (TPSA) is 54.4 Å². The van der Waals surface area contributed by atoms with Crippen LogP contribution < -0.4 is 0 Å². The van der Waals surface area contributed by atoms with Crippen LogP contribution >= 0.6 is 11.6 Å². The summed E-state index contributed by atoms with van der Waals surface area (Å²) in [6.07, 6.45) is 6.39. The Morgan fingerprint density at radius 3 is 2.46 bits per heavy atom. The maximum absolute atomic E-state index is 14.3. The number of hydrogen-bond acceptors (Lipinski definition) is 2. The minimum atomic E-state index is -1.43. The van der Waals surface area contributed by atoms with E-state index in [0.717, 1.165) is 44.1 Å². The Labute approximate surface area is 158 Å². The summed E-state index contributed by atoms with van der Waals surface area (Å²) < 4.78 is 14.3. The lowest BCUT2D eigenvalue weighted by Crippen LogP contribution is -2.50. The summed E-state index contributed by atoms with van der Waals surface area (Å²) in [7, 11) is 0. The van der Waals surface area contributed by atoms with Gasteiger partial charge >= 0.3 is 5.97 Å². The lowest BCUT2D eigenvalue weighted by atomic mass is 9.47. The van der Waals surface area contributed by atoms with Gasteiger partial charge in [0.1, 0.15) is 0 Å². The Kier molecular flexibility index (Phi) is 4.15. The van der Waals surface area contributed by atoms with E-state index in [2.05, 4.69) is 13.8 Å².